The molecule has 1 N–H and O–H groups in total. The van der Waals surface area contributed by atoms with Crippen LogP contribution >= 0.6 is 11.6 Å². The first-order chi connectivity index (χ1) is 10.9. The maximum atomic E-state index is 12.4. The quantitative estimate of drug-likeness (QED) is 0.867. The summed E-state index contributed by atoms with van der Waals surface area (Å²) in [6.07, 6.45) is 1.20. The van der Waals surface area contributed by atoms with Gasteiger partial charge in [-0.15, -0.1) is 0 Å². The first kappa shape index (κ1) is 17.8. The fraction of sp³-hybridized carbons (Fsp3) is 0.529. The third kappa shape index (κ3) is 4.69. The Morgan fingerprint density at radius 1 is 1.43 bits per heavy atom. The standard InChI is InChI=1S/C17H24ClN3O2/c1-12-14(18)6-4-7-15(12)19-17(23)13-10-16(22)21(11-13)9-5-8-20(2)3/h4,6-7,13H,5,8-11H2,1-3H3,(H,19,23). The molecule has 0 aromatic heterocycles. The average molecular weight is 338 g/mol. The first-order valence-electron chi connectivity index (χ1n) is 7.87. The van der Waals surface area contributed by atoms with E-state index in [2.05, 4.69) is 10.2 Å². The summed E-state index contributed by atoms with van der Waals surface area (Å²) in [5, 5.41) is 3.52. The molecule has 1 fully saturated rings. The Bertz CT molecular complexity index is 589. The van der Waals surface area contributed by atoms with Crippen molar-refractivity contribution < 1.29 is 9.59 Å². The van der Waals surface area contributed by atoms with Crippen LogP contribution in [0.4, 0.5) is 5.69 Å². The van der Waals surface area contributed by atoms with E-state index in [1.54, 1.807) is 17.0 Å². The van der Waals surface area contributed by atoms with Crippen molar-refractivity contribution in [2.75, 3.05) is 39.0 Å². The van der Waals surface area contributed by atoms with Crippen LogP contribution in [0.25, 0.3) is 0 Å². The molecule has 0 aliphatic carbocycles. The molecule has 6 heteroatoms. The SMILES string of the molecule is Cc1c(Cl)cccc1NC(=O)C1CC(=O)N(CCCN(C)C)C1. The predicted octanol–water partition coefficient (Wildman–Crippen LogP) is 2.39. The number of likely N-dealkylation sites (tertiary alicyclic amines) is 1. The molecule has 0 spiro atoms. The van der Waals surface area contributed by atoms with Crippen LogP contribution in [-0.4, -0.2) is 55.3 Å². The summed E-state index contributed by atoms with van der Waals surface area (Å²) in [5.74, 6) is -0.342. The fourth-order valence-corrected chi connectivity index (χ4v) is 2.89. The van der Waals surface area contributed by atoms with Crippen LogP contribution in [0.1, 0.15) is 18.4 Å². The fourth-order valence-electron chi connectivity index (χ4n) is 2.72. The van der Waals surface area contributed by atoms with Crippen molar-refractivity contribution in [3.8, 4) is 0 Å². The molecular formula is C17H24ClN3O2. The molecule has 1 saturated heterocycles. The van der Waals surface area contributed by atoms with E-state index < -0.39 is 0 Å². The zero-order valence-corrected chi connectivity index (χ0v) is 14.7. The van der Waals surface area contributed by atoms with E-state index in [0.29, 0.717) is 23.8 Å². The Labute approximate surface area is 142 Å². The maximum absolute atomic E-state index is 12.4. The molecular weight excluding hydrogens is 314 g/mol. The van der Waals surface area contributed by atoms with Gasteiger partial charge in [0.15, 0.2) is 0 Å². The molecule has 1 aromatic rings. The predicted molar refractivity (Wildman–Crippen MR) is 92.7 cm³/mol. The first-order valence-corrected chi connectivity index (χ1v) is 8.24. The average Bonchev–Trinajstić information content (AvgIpc) is 2.85. The molecule has 23 heavy (non-hydrogen) atoms. The van der Waals surface area contributed by atoms with Gasteiger partial charge in [0.1, 0.15) is 0 Å². The molecule has 0 radical (unpaired) electrons. The second kappa shape index (κ2) is 7.79. The molecule has 0 saturated carbocycles. The number of anilines is 1. The number of carbonyl (C=O) groups is 2. The minimum atomic E-state index is -0.291. The lowest BCUT2D eigenvalue weighted by molar-refractivity contribution is -0.128. The highest BCUT2D eigenvalue weighted by Gasteiger charge is 2.34. The minimum absolute atomic E-state index is 0.0618. The Kier molecular flexibility index (Phi) is 6.02. The monoisotopic (exact) mass is 337 g/mol. The number of nitrogens with zero attached hydrogens (tertiary/aromatic N) is 2. The van der Waals surface area contributed by atoms with Gasteiger partial charge in [-0.1, -0.05) is 17.7 Å². The second-order valence-corrected chi connectivity index (χ2v) is 6.71. The number of benzene rings is 1. The number of rotatable bonds is 6. The Morgan fingerprint density at radius 2 is 2.17 bits per heavy atom. The Hall–Kier alpha value is -1.59. The van der Waals surface area contributed by atoms with Crippen molar-refractivity contribution in [2.45, 2.75) is 19.8 Å². The molecule has 0 bridgehead atoms. The van der Waals surface area contributed by atoms with Crippen molar-refractivity contribution in [1.29, 1.82) is 0 Å². The molecule has 2 rings (SSSR count). The highest BCUT2D eigenvalue weighted by molar-refractivity contribution is 6.31. The molecule has 2 amide bonds. The van der Waals surface area contributed by atoms with Gasteiger partial charge in [0.05, 0.1) is 5.92 Å². The molecule has 1 aromatic carbocycles. The van der Waals surface area contributed by atoms with Crippen molar-refractivity contribution in [3.63, 3.8) is 0 Å². The number of halogens is 1. The van der Waals surface area contributed by atoms with Gasteiger partial charge in [-0.25, -0.2) is 0 Å². The van der Waals surface area contributed by atoms with Gasteiger partial charge in [-0.05, 0) is 51.7 Å². The number of nitrogens with one attached hydrogen (secondary N) is 1. The second-order valence-electron chi connectivity index (χ2n) is 6.30. The maximum Gasteiger partial charge on any atom is 0.229 e. The summed E-state index contributed by atoms with van der Waals surface area (Å²) in [5.41, 5.74) is 1.55. The zero-order chi connectivity index (χ0) is 17.0. The van der Waals surface area contributed by atoms with Gasteiger partial charge in [0, 0.05) is 30.2 Å². The Balaban J connectivity index is 1.91. The number of amides is 2. The lowest BCUT2D eigenvalue weighted by atomic mass is 10.1. The van der Waals surface area contributed by atoms with Crippen LogP contribution in [-0.2, 0) is 9.59 Å². The van der Waals surface area contributed by atoms with Crippen molar-refractivity contribution in [1.82, 2.24) is 9.80 Å². The summed E-state index contributed by atoms with van der Waals surface area (Å²) >= 11 is 6.07. The largest absolute Gasteiger partial charge is 0.342 e. The van der Waals surface area contributed by atoms with Crippen molar-refractivity contribution >= 4 is 29.1 Å². The van der Waals surface area contributed by atoms with Crippen LogP contribution in [0.2, 0.25) is 5.02 Å². The van der Waals surface area contributed by atoms with E-state index in [1.807, 2.05) is 27.1 Å². The summed E-state index contributed by atoms with van der Waals surface area (Å²) in [4.78, 5) is 28.3. The molecule has 1 heterocycles. The normalized spacial score (nSPS) is 17.9. The highest BCUT2D eigenvalue weighted by Crippen LogP contribution is 2.25. The molecule has 126 valence electrons. The summed E-state index contributed by atoms with van der Waals surface area (Å²) in [6, 6.07) is 5.42. The Morgan fingerprint density at radius 3 is 2.87 bits per heavy atom. The van der Waals surface area contributed by atoms with Crippen LogP contribution in [0, 0.1) is 12.8 Å². The van der Waals surface area contributed by atoms with E-state index in [1.165, 1.54) is 0 Å². The van der Waals surface area contributed by atoms with Crippen LogP contribution < -0.4 is 5.32 Å². The molecule has 1 aliphatic heterocycles. The van der Waals surface area contributed by atoms with Gasteiger partial charge in [0.2, 0.25) is 11.8 Å². The smallest absolute Gasteiger partial charge is 0.229 e. The summed E-state index contributed by atoms with van der Waals surface area (Å²) in [7, 11) is 4.02. The molecule has 1 atom stereocenters. The van der Waals surface area contributed by atoms with E-state index >= 15 is 0 Å². The third-order valence-corrected chi connectivity index (χ3v) is 4.55. The number of hydrogen-bond donors (Lipinski definition) is 1. The van der Waals surface area contributed by atoms with E-state index in [-0.39, 0.29) is 24.2 Å². The van der Waals surface area contributed by atoms with Gasteiger partial charge < -0.3 is 15.1 Å². The molecule has 1 aliphatic rings. The topological polar surface area (TPSA) is 52.7 Å². The highest BCUT2D eigenvalue weighted by atomic mass is 35.5. The van der Waals surface area contributed by atoms with Gasteiger partial charge >= 0.3 is 0 Å². The lowest BCUT2D eigenvalue weighted by Crippen LogP contribution is -2.30. The molecule has 5 nitrogen and oxygen atoms in total. The zero-order valence-electron chi connectivity index (χ0n) is 13.9. The number of hydrogen-bond acceptors (Lipinski definition) is 3. The minimum Gasteiger partial charge on any atom is -0.342 e. The summed E-state index contributed by atoms with van der Waals surface area (Å²) < 4.78 is 0. The van der Waals surface area contributed by atoms with Gasteiger partial charge in [-0.3, -0.25) is 9.59 Å². The van der Waals surface area contributed by atoms with Gasteiger partial charge in [-0.2, -0.15) is 0 Å². The van der Waals surface area contributed by atoms with Crippen LogP contribution in [0.3, 0.4) is 0 Å². The van der Waals surface area contributed by atoms with E-state index in [0.717, 1.165) is 18.5 Å². The summed E-state index contributed by atoms with van der Waals surface area (Å²) in [6.45, 7) is 4.00. The van der Waals surface area contributed by atoms with Crippen molar-refractivity contribution in [3.05, 3.63) is 28.8 Å². The van der Waals surface area contributed by atoms with Crippen LogP contribution in [0.15, 0.2) is 18.2 Å². The van der Waals surface area contributed by atoms with E-state index in [4.69, 9.17) is 11.6 Å². The van der Waals surface area contributed by atoms with Crippen LogP contribution in [0.5, 0.6) is 0 Å². The van der Waals surface area contributed by atoms with Crippen molar-refractivity contribution in [2.24, 2.45) is 5.92 Å². The number of carbonyl (C=O) groups excluding carboxylic acids is 2. The van der Waals surface area contributed by atoms with Gasteiger partial charge in [0.25, 0.3) is 0 Å². The third-order valence-electron chi connectivity index (χ3n) is 4.14. The molecule has 1 unspecified atom stereocenters. The van der Waals surface area contributed by atoms with E-state index in [9.17, 15) is 9.59 Å². The lowest BCUT2D eigenvalue weighted by Gasteiger charge is -2.18.